The van der Waals surface area contributed by atoms with Crippen LogP contribution in [0.25, 0.3) is 22.8 Å². The molecule has 8 nitrogen and oxygen atoms in total. The minimum atomic E-state index is -0.712. The van der Waals surface area contributed by atoms with E-state index >= 15 is 0 Å². The van der Waals surface area contributed by atoms with E-state index in [-0.39, 0.29) is 11.5 Å². The minimum absolute atomic E-state index is 0.0832. The maximum absolute atomic E-state index is 13.1. The van der Waals surface area contributed by atoms with Crippen molar-refractivity contribution in [2.75, 3.05) is 13.1 Å². The summed E-state index contributed by atoms with van der Waals surface area (Å²) in [4.78, 5) is 27.9. The van der Waals surface area contributed by atoms with Gasteiger partial charge in [0.25, 0.3) is 5.56 Å². The van der Waals surface area contributed by atoms with E-state index < -0.39 is 6.04 Å². The zero-order chi connectivity index (χ0) is 21.1. The Bertz CT molecular complexity index is 1060. The largest absolute Gasteiger partial charge is 0.463 e. The van der Waals surface area contributed by atoms with Gasteiger partial charge in [0, 0.05) is 25.2 Å². The molecule has 3 aromatic rings. The predicted octanol–water partition coefficient (Wildman–Crippen LogP) is 3.82. The lowest BCUT2D eigenvalue weighted by molar-refractivity contribution is -0.135. The van der Waals surface area contributed by atoms with E-state index in [0.717, 1.165) is 38.8 Å². The molecule has 0 aromatic carbocycles. The van der Waals surface area contributed by atoms with Gasteiger partial charge >= 0.3 is 0 Å². The van der Waals surface area contributed by atoms with Crippen LogP contribution in [-0.2, 0) is 4.79 Å². The number of likely N-dealkylation sites (tertiary alicyclic amines) is 1. The summed E-state index contributed by atoms with van der Waals surface area (Å²) < 4.78 is 12.1. The Kier molecular flexibility index (Phi) is 5.83. The molecule has 8 heteroatoms. The molecule has 0 unspecified atom stereocenters. The molecule has 4 heterocycles. The second-order valence-electron chi connectivity index (χ2n) is 7.77. The fourth-order valence-corrected chi connectivity index (χ4v) is 3.86. The van der Waals surface area contributed by atoms with Crippen molar-refractivity contribution < 1.29 is 13.7 Å². The molecule has 30 heavy (non-hydrogen) atoms. The lowest BCUT2D eigenvalue weighted by Crippen LogP contribution is -2.41. The molecule has 1 aliphatic rings. The Morgan fingerprint density at radius 3 is 2.47 bits per heavy atom. The van der Waals surface area contributed by atoms with Gasteiger partial charge in [-0.25, -0.2) is 4.68 Å². The lowest BCUT2D eigenvalue weighted by atomic mass is 10.1. The predicted molar refractivity (Wildman–Crippen MR) is 111 cm³/mol. The molecular weight excluding hydrogens is 384 g/mol. The summed E-state index contributed by atoms with van der Waals surface area (Å²) in [6, 6.07) is 5.96. The third-order valence-electron chi connectivity index (χ3n) is 5.50. The van der Waals surface area contributed by atoms with Gasteiger partial charge in [-0.05, 0) is 38.8 Å². The summed E-state index contributed by atoms with van der Waals surface area (Å²) in [6.45, 7) is 4.97. The van der Waals surface area contributed by atoms with E-state index in [2.05, 4.69) is 10.3 Å². The molecule has 0 radical (unpaired) electrons. The van der Waals surface area contributed by atoms with Gasteiger partial charge in [0.2, 0.25) is 5.91 Å². The number of hydrogen-bond acceptors (Lipinski definition) is 6. The first kappa shape index (κ1) is 20.1. The highest BCUT2D eigenvalue weighted by Crippen LogP contribution is 2.30. The van der Waals surface area contributed by atoms with Crippen LogP contribution in [0.1, 0.15) is 50.8 Å². The summed E-state index contributed by atoms with van der Waals surface area (Å²) in [5.74, 6) is 0.831. The molecule has 4 rings (SSSR count). The van der Waals surface area contributed by atoms with E-state index in [1.54, 1.807) is 32.0 Å². The Morgan fingerprint density at radius 2 is 1.83 bits per heavy atom. The van der Waals surface area contributed by atoms with Gasteiger partial charge in [0.1, 0.15) is 11.7 Å². The van der Waals surface area contributed by atoms with Crippen molar-refractivity contribution in [1.82, 2.24) is 19.8 Å². The molecule has 1 atom stereocenters. The summed E-state index contributed by atoms with van der Waals surface area (Å²) in [7, 11) is 0. The third-order valence-corrected chi connectivity index (χ3v) is 5.50. The maximum atomic E-state index is 13.1. The minimum Gasteiger partial charge on any atom is -0.463 e. The third kappa shape index (κ3) is 4.08. The maximum Gasteiger partial charge on any atom is 0.268 e. The van der Waals surface area contributed by atoms with Gasteiger partial charge in [0.05, 0.1) is 17.5 Å². The number of aryl methyl sites for hydroxylation is 1. The molecule has 3 aromatic heterocycles. The SMILES string of the molecule is Cc1cc(-c2cc(=O)n([C@H](C)C(=O)N3CCCCCCC3)nc2-c2ccco2)on1. The molecule has 158 valence electrons. The highest BCUT2D eigenvalue weighted by atomic mass is 16.5. The second kappa shape index (κ2) is 8.69. The summed E-state index contributed by atoms with van der Waals surface area (Å²) in [6.07, 6.45) is 6.99. The number of carbonyl (C=O) groups is 1. The van der Waals surface area contributed by atoms with E-state index in [1.807, 2.05) is 4.90 Å². The monoisotopic (exact) mass is 410 g/mol. The first-order chi connectivity index (χ1) is 14.5. The molecule has 0 spiro atoms. The number of carbonyl (C=O) groups excluding carboxylic acids is 1. The summed E-state index contributed by atoms with van der Waals surface area (Å²) >= 11 is 0. The fraction of sp³-hybridized carbons (Fsp3) is 0.455. The molecular formula is C22H26N4O4. The standard InChI is InChI=1S/C22H26N4O4/c1-15-13-19(30-24-15)17-14-20(27)26(23-21(17)18-9-8-12-29-18)16(2)22(28)25-10-6-4-3-5-7-11-25/h8-9,12-14,16H,3-7,10-11H2,1-2H3/t16-/m1/s1. The second-order valence-corrected chi connectivity index (χ2v) is 7.77. The number of aromatic nitrogens is 3. The van der Waals surface area contributed by atoms with Crippen molar-refractivity contribution in [3.63, 3.8) is 0 Å². The van der Waals surface area contributed by atoms with Crippen LogP contribution in [0.5, 0.6) is 0 Å². The summed E-state index contributed by atoms with van der Waals surface area (Å²) in [5, 5.41) is 8.44. The van der Waals surface area contributed by atoms with E-state index in [4.69, 9.17) is 8.94 Å². The fourth-order valence-electron chi connectivity index (χ4n) is 3.86. The zero-order valence-electron chi connectivity index (χ0n) is 17.3. The molecule has 1 fully saturated rings. The highest BCUT2D eigenvalue weighted by Gasteiger charge is 2.26. The van der Waals surface area contributed by atoms with Crippen LogP contribution in [0.15, 0.2) is 44.3 Å². The quantitative estimate of drug-likeness (QED) is 0.649. The van der Waals surface area contributed by atoms with Gasteiger partial charge in [-0.2, -0.15) is 5.10 Å². The molecule has 0 N–H and O–H groups in total. The summed E-state index contributed by atoms with van der Waals surface area (Å²) in [5.41, 5.74) is 1.24. The van der Waals surface area contributed by atoms with Gasteiger partial charge in [-0.15, -0.1) is 0 Å². The van der Waals surface area contributed by atoms with Crippen molar-refractivity contribution >= 4 is 5.91 Å². The van der Waals surface area contributed by atoms with Gasteiger partial charge < -0.3 is 13.8 Å². The van der Waals surface area contributed by atoms with Crippen LogP contribution in [0.4, 0.5) is 0 Å². The van der Waals surface area contributed by atoms with Crippen LogP contribution in [0, 0.1) is 6.92 Å². The van der Waals surface area contributed by atoms with Crippen LogP contribution in [0.3, 0.4) is 0 Å². The molecule has 0 saturated carbocycles. The lowest BCUT2D eigenvalue weighted by Gasteiger charge is -2.28. The van der Waals surface area contributed by atoms with E-state index in [1.165, 1.54) is 23.4 Å². The van der Waals surface area contributed by atoms with Gasteiger partial charge in [-0.3, -0.25) is 9.59 Å². The Morgan fingerprint density at radius 1 is 1.10 bits per heavy atom. The van der Waals surface area contributed by atoms with Gasteiger partial charge in [-0.1, -0.05) is 24.4 Å². The number of hydrogen-bond donors (Lipinski definition) is 0. The molecule has 1 aliphatic heterocycles. The van der Waals surface area contributed by atoms with Crippen molar-refractivity contribution in [3.8, 4) is 22.8 Å². The first-order valence-electron chi connectivity index (χ1n) is 10.4. The molecule has 1 saturated heterocycles. The average molecular weight is 410 g/mol. The topological polar surface area (TPSA) is 94.4 Å². The molecule has 1 amide bonds. The number of amides is 1. The van der Waals surface area contributed by atoms with Gasteiger partial charge in [0.15, 0.2) is 11.5 Å². The number of rotatable bonds is 4. The van der Waals surface area contributed by atoms with E-state index in [9.17, 15) is 9.59 Å². The Balaban J connectivity index is 1.72. The Labute approximate surface area is 174 Å². The van der Waals surface area contributed by atoms with Crippen molar-refractivity contribution in [3.05, 3.63) is 46.6 Å². The van der Waals surface area contributed by atoms with Crippen molar-refractivity contribution in [1.29, 1.82) is 0 Å². The van der Waals surface area contributed by atoms with E-state index in [0.29, 0.717) is 28.5 Å². The molecule has 0 bridgehead atoms. The highest BCUT2D eigenvalue weighted by molar-refractivity contribution is 5.80. The number of nitrogens with zero attached hydrogens (tertiary/aromatic N) is 4. The zero-order valence-corrected chi connectivity index (χ0v) is 17.3. The normalized spacial score (nSPS) is 16.1. The van der Waals surface area contributed by atoms with Crippen molar-refractivity contribution in [2.24, 2.45) is 0 Å². The van der Waals surface area contributed by atoms with Crippen molar-refractivity contribution in [2.45, 2.75) is 52.0 Å². The van der Waals surface area contributed by atoms with Crippen LogP contribution < -0.4 is 5.56 Å². The Hall–Kier alpha value is -3.16. The molecule has 0 aliphatic carbocycles. The first-order valence-corrected chi connectivity index (χ1v) is 10.4. The number of furan rings is 1. The smallest absolute Gasteiger partial charge is 0.268 e. The van der Waals surface area contributed by atoms with Crippen LogP contribution in [0.2, 0.25) is 0 Å². The average Bonchev–Trinajstić information content (AvgIpc) is 3.38. The van der Waals surface area contributed by atoms with Crippen LogP contribution >= 0.6 is 0 Å². The van der Waals surface area contributed by atoms with Crippen LogP contribution in [-0.4, -0.2) is 38.8 Å².